The average Bonchev–Trinajstić information content (AvgIpc) is 3.14. The van der Waals surface area contributed by atoms with Crippen molar-refractivity contribution in [2.24, 2.45) is 0 Å². The Kier molecular flexibility index (Phi) is 8.46. The minimum atomic E-state index is 0. The number of rotatable bonds is 3. The third kappa shape index (κ3) is 3.74. The molecule has 0 saturated heterocycles. The molecule has 0 heterocycles. The molecule has 2 aliphatic carbocycles. The van der Waals surface area contributed by atoms with E-state index in [0.29, 0.717) is 11.8 Å². The zero-order chi connectivity index (χ0) is 14.2. The third-order valence-electron chi connectivity index (χ3n) is 4.52. The Labute approximate surface area is 177 Å². The van der Waals surface area contributed by atoms with Crippen molar-refractivity contribution in [3.63, 3.8) is 0 Å². The van der Waals surface area contributed by atoms with E-state index in [1.807, 2.05) is 0 Å². The van der Waals surface area contributed by atoms with Crippen molar-refractivity contribution in [3.05, 3.63) is 82.9 Å². The molecule has 0 spiro atoms. The Morgan fingerprint density at radius 2 is 1.12 bits per heavy atom. The molecule has 0 radical (unpaired) electrons. The van der Waals surface area contributed by atoms with Gasteiger partial charge in [-0.3, -0.25) is 0 Å². The van der Waals surface area contributed by atoms with Crippen LogP contribution in [-0.4, -0.2) is 6.10 Å². The summed E-state index contributed by atoms with van der Waals surface area (Å²) in [5, 5.41) is 0. The number of hydrogen-bond donors (Lipinski definition) is 0. The maximum atomic E-state index is 6.02. The Bertz CT molecular complexity index is 683. The molecule has 5 heteroatoms. The van der Waals surface area contributed by atoms with Crippen molar-refractivity contribution in [1.82, 2.24) is 0 Å². The molecule has 0 fully saturated rings. The summed E-state index contributed by atoms with van der Waals surface area (Å²) in [7, 11) is 0. The van der Waals surface area contributed by atoms with E-state index in [9.17, 15) is 0 Å². The van der Waals surface area contributed by atoms with Gasteiger partial charge in [-0.15, -0.1) is 0 Å². The fraction of sp³-hybridized carbons (Fsp3) is 0.158. The van der Waals surface area contributed by atoms with E-state index in [1.165, 1.54) is 22.3 Å². The van der Waals surface area contributed by atoms with Crippen molar-refractivity contribution >= 4 is 12.2 Å². The SMILES string of the molecule is [Cl-].[Cl-].[Cl-].[Zr+3][O]C(C1C=Cc2ccccc21)C1C=Cc2ccccc21. The van der Waals surface area contributed by atoms with E-state index in [-0.39, 0.29) is 43.3 Å². The van der Waals surface area contributed by atoms with Crippen molar-refractivity contribution in [3.8, 4) is 0 Å². The fourth-order valence-corrected chi connectivity index (χ4v) is 4.22. The van der Waals surface area contributed by atoms with Crippen LogP contribution in [0.15, 0.2) is 60.7 Å². The summed E-state index contributed by atoms with van der Waals surface area (Å²) >= 11 is 1.13. The Morgan fingerprint density at radius 3 is 1.54 bits per heavy atom. The predicted octanol–water partition coefficient (Wildman–Crippen LogP) is -4.53. The molecule has 0 aliphatic heterocycles. The molecule has 0 aromatic heterocycles. The molecular formula is C19H15Cl3OZr. The Morgan fingerprint density at radius 1 is 0.708 bits per heavy atom. The van der Waals surface area contributed by atoms with Gasteiger partial charge in [0.2, 0.25) is 0 Å². The monoisotopic (exact) mass is 454 g/mol. The zero-order valence-electron chi connectivity index (χ0n) is 12.7. The molecule has 2 atom stereocenters. The van der Waals surface area contributed by atoms with Crippen LogP contribution in [-0.2, 0) is 28.0 Å². The molecular weight excluding hydrogens is 442 g/mol. The van der Waals surface area contributed by atoms with Crippen LogP contribution in [0.2, 0.25) is 0 Å². The maximum absolute atomic E-state index is 6.02. The van der Waals surface area contributed by atoms with Crippen LogP contribution in [0, 0.1) is 0 Å². The second kappa shape index (κ2) is 9.36. The van der Waals surface area contributed by atoms with Crippen LogP contribution in [0.5, 0.6) is 0 Å². The van der Waals surface area contributed by atoms with Gasteiger partial charge in [-0.25, -0.2) is 0 Å². The van der Waals surface area contributed by atoms with Gasteiger partial charge in [-0.05, 0) is 0 Å². The molecule has 2 aromatic carbocycles. The number of benzene rings is 2. The van der Waals surface area contributed by atoms with Crippen LogP contribution in [0.4, 0.5) is 0 Å². The summed E-state index contributed by atoms with van der Waals surface area (Å²) < 4.78 is 6.02. The third-order valence-corrected chi connectivity index (χ3v) is 5.19. The second-order valence-corrected chi connectivity index (χ2v) is 6.19. The molecule has 0 saturated carbocycles. The van der Waals surface area contributed by atoms with Crippen LogP contribution < -0.4 is 37.2 Å². The summed E-state index contributed by atoms with van der Waals surface area (Å²) in [5.74, 6) is 0.697. The Balaban J connectivity index is 0.000000960. The standard InChI is InChI=1S/C19H15O.3ClH.Zr/c20-19(17-11-9-13-5-1-3-7-15(13)17)18-12-10-14-6-2-4-8-16(14)18;;;;/h1-12,17-19H;3*1H;/q-1;;;;+4/p-3. The van der Waals surface area contributed by atoms with Crippen LogP contribution >= 0.6 is 0 Å². The minimum absolute atomic E-state index is 0. The van der Waals surface area contributed by atoms with Gasteiger partial charge in [0.25, 0.3) is 0 Å². The molecule has 122 valence electrons. The number of fused-ring (bicyclic) bond motifs is 2. The van der Waals surface area contributed by atoms with Gasteiger partial charge in [0, 0.05) is 0 Å². The van der Waals surface area contributed by atoms with Crippen molar-refractivity contribution < 1.29 is 65.2 Å². The molecule has 2 aliphatic rings. The molecule has 24 heavy (non-hydrogen) atoms. The summed E-state index contributed by atoms with van der Waals surface area (Å²) in [6.45, 7) is 0. The van der Waals surface area contributed by atoms with Crippen molar-refractivity contribution in [2.45, 2.75) is 17.9 Å². The van der Waals surface area contributed by atoms with Crippen LogP contribution in [0.1, 0.15) is 34.1 Å². The first-order valence-corrected chi connectivity index (χ1v) is 8.25. The van der Waals surface area contributed by atoms with Crippen LogP contribution in [0.25, 0.3) is 12.2 Å². The average molecular weight is 457 g/mol. The first-order valence-electron chi connectivity index (χ1n) is 7.25. The summed E-state index contributed by atoms with van der Waals surface area (Å²) in [6, 6.07) is 17.3. The Hall–Kier alpha value is -0.367. The number of halogens is 3. The van der Waals surface area contributed by atoms with E-state index in [4.69, 9.17) is 2.81 Å². The molecule has 0 N–H and O–H groups in total. The first kappa shape index (κ1) is 21.7. The van der Waals surface area contributed by atoms with Gasteiger partial charge in [-0.1, -0.05) is 0 Å². The summed E-state index contributed by atoms with van der Waals surface area (Å²) in [4.78, 5) is 0. The summed E-state index contributed by atoms with van der Waals surface area (Å²) in [6.07, 6.45) is 9.24. The van der Waals surface area contributed by atoms with Crippen molar-refractivity contribution in [2.75, 3.05) is 0 Å². The first-order chi connectivity index (χ1) is 10.4. The summed E-state index contributed by atoms with van der Waals surface area (Å²) in [5.41, 5.74) is 5.44. The van der Waals surface area contributed by atoms with Gasteiger partial charge < -0.3 is 37.2 Å². The molecule has 4 rings (SSSR count). The molecule has 2 aromatic rings. The topological polar surface area (TPSA) is 9.23 Å². The predicted molar refractivity (Wildman–Crippen MR) is 81.3 cm³/mol. The van der Waals surface area contributed by atoms with E-state index >= 15 is 0 Å². The molecule has 2 unspecified atom stereocenters. The normalized spacial score (nSPS) is 20.2. The number of hydrogen-bond acceptors (Lipinski definition) is 1. The van der Waals surface area contributed by atoms with E-state index in [0.717, 1.165) is 25.2 Å². The van der Waals surface area contributed by atoms with E-state index < -0.39 is 0 Å². The van der Waals surface area contributed by atoms with E-state index in [2.05, 4.69) is 72.8 Å². The van der Waals surface area contributed by atoms with Gasteiger partial charge in [0.05, 0.1) is 0 Å². The molecule has 0 amide bonds. The van der Waals surface area contributed by atoms with Gasteiger partial charge >= 0.3 is 141 Å². The van der Waals surface area contributed by atoms with Gasteiger partial charge in [0.15, 0.2) is 0 Å². The molecule has 0 bridgehead atoms. The zero-order valence-corrected chi connectivity index (χ0v) is 17.4. The van der Waals surface area contributed by atoms with Gasteiger partial charge in [0.1, 0.15) is 0 Å². The van der Waals surface area contributed by atoms with Gasteiger partial charge in [-0.2, -0.15) is 0 Å². The second-order valence-electron chi connectivity index (χ2n) is 5.61. The van der Waals surface area contributed by atoms with Crippen molar-refractivity contribution in [1.29, 1.82) is 0 Å². The van der Waals surface area contributed by atoms with Crippen LogP contribution in [0.3, 0.4) is 0 Å². The molecule has 1 nitrogen and oxygen atoms in total. The fourth-order valence-electron chi connectivity index (χ4n) is 3.50. The quantitative estimate of drug-likeness (QED) is 0.452. The van der Waals surface area contributed by atoms with E-state index in [1.54, 1.807) is 0 Å².